The van der Waals surface area contributed by atoms with Gasteiger partial charge in [0.25, 0.3) is 0 Å². The average Bonchev–Trinajstić information content (AvgIpc) is 2.68. The van der Waals surface area contributed by atoms with Crippen molar-refractivity contribution in [3.05, 3.63) is 42.0 Å². The molecular weight excluding hydrogens is 242 g/mol. The lowest BCUT2D eigenvalue weighted by molar-refractivity contribution is 0.249. The van der Waals surface area contributed by atoms with E-state index >= 15 is 0 Å². The number of carbonyl (C=O) groups is 1. The summed E-state index contributed by atoms with van der Waals surface area (Å²) in [6.45, 7) is 3.73. The van der Waals surface area contributed by atoms with Crippen LogP contribution in [0, 0.1) is 6.92 Å². The van der Waals surface area contributed by atoms with Crippen molar-refractivity contribution in [1.29, 1.82) is 0 Å². The van der Waals surface area contributed by atoms with E-state index in [2.05, 4.69) is 20.7 Å². The Morgan fingerprint density at radius 3 is 2.79 bits per heavy atom. The number of aromatic nitrogens is 3. The summed E-state index contributed by atoms with van der Waals surface area (Å²) in [4.78, 5) is 16.1. The van der Waals surface area contributed by atoms with Gasteiger partial charge in [0.2, 0.25) is 0 Å². The van der Waals surface area contributed by atoms with Crippen LogP contribution in [0.4, 0.5) is 10.5 Å². The standard InChI is InChI=1S/C13H17N5O/c1-9(11-6-4-5-7-14-11)15-13(19)16-12-8-18(3)17-10(12)2/h4-9H,1-3H3,(H2,15,16,19). The number of carbonyl (C=O) groups excluding carboxylic acids is 1. The Hall–Kier alpha value is -2.37. The zero-order valence-electron chi connectivity index (χ0n) is 11.2. The summed E-state index contributed by atoms with van der Waals surface area (Å²) in [5.74, 6) is 0. The number of hydrogen-bond donors (Lipinski definition) is 2. The van der Waals surface area contributed by atoms with Crippen molar-refractivity contribution in [2.45, 2.75) is 19.9 Å². The zero-order chi connectivity index (χ0) is 13.8. The van der Waals surface area contributed by atoms with Crippen LogP contribution in [0.25, 0.3) is 0 Å². The lowest BCUT2D eigenvalue weighted by Crippen LogP contribution is -2.31. The first-order valence-electron chi connectivity index (χ1n) is 6.05. The van der Waals surface area contributed by atoms with Crippen LogP contribution in [-0.2, 0) is 7.05 Å². The lowest BCUT2D eigenvalue weighted by Gasteiger charge is -2.13. The van der Waals surface area contributed by atoms with E-state index < -0.39 is 0 Å². The van der Waals surface area contributed by atoms with E-state index in [1.165, 1.54) is 0 Å². The maximum absolute atomic E-state index is 11.9. The molecule has 1 atom stereocenters. The Kier molecular flexibility index (Phi) is 3.79. The minimum Gasteiger partial charge on any atom is -0.330 e. The first-order valence-corrected chi connectivity index (χ1v) is 6.05. The molecule has 0 fully saturated rings. The summed E-state index contributed by atoms with van der Waals surface area (Å²) >= 11 is 0. The van der Waals surface area contributed by atoms with Gasteiger partial charge in [-0.15, -0.1) is 0 Å². The summed E-state index contributed by atoms with van der Waals surface area (Å²) in [7, 11) is 1.81. The Morgan fingerprint density at radius 1 is 1.42 bits per heavy atom. The summed E-state index contributed by atoms with van der Waals surface area (Å²) in [5, 5.41) is 9.77. The van der Waals surface area contributed by atoms with E-state index in [1.54, 1.807) is 17.1 Å². The molecular formula is C13H17N5O. The van der Waals surface area contributed by atoms with Crippen molar-refractivity contribution in [3.8, 4) is 0 Å². The van der Waals surface area contributed by atoms with E-state index in [4.69, 9.17) is 0 Å². The molecule has 1 unspecified atom stereocenters. The minimum absolute atomic E-state index is 0.154. The van der Waals surface area contributed by atoms with Crippen LogP contribution in [0.1, 0.15) is 24.4 Å². The fourth-order valence-electron chi connectivity index (χ4n) is 1.78. The Morgan fingerprint density at radius 2 is 2.21 bits per heavy atom. The Bertz CT molecular complexity index is 564. The third-order valence-electron chi connectivity index (χ3n) is 2.74. The number of anilines is 1. The molecule has 0 saturated heterocycles. The van der Waals surface area contributed by atoms with Crippen LogP contribution < -0.4 is 10.6 Å². The van der Waals surface area contributed by atoms with Crippen LogP contribution in [-0.4, -0.2) is 20.8 Å². The molecule has 6 heteroatoms. The van der Waals surface area contributed by atoms with Gasteiger partial charge in [-0.2, -0.15) is 5.10 Å². The predicted molar refractivity (Wildman–Crippen MR) is 72.8 cm³/mol. The van der Waals surface area contributed by atoms with Crippen molar-refractivity contribution in [3.63, 3.8) is 0 Å². The summed E-state index contributed by atoms with van der Waals surface area (Å²) in [5.41, 5.74) is 2.30. The number of pyridine rings is 1. The van der Waals surface area contributed by atoms with E-state index in [1.807, 2.05) is 39.1 Å². The topological polar surface area (TPSA) is 71.8 Å². The van der Waals surface area contributed by atoms with Gasteiger partial charge in [-0.05, 0) is 26.0 Å². The van der Waals surface area contributed by atoms with Gasteiger partial charge in [-0.25, -0.2) is 4.79 Å². The van der Waals surface area contributed by atoms with Crippen LogP contribution in [0.2, 0.25) is 0 Å². The molecule has 0 bridgehead atoms. The van der Waals surface area contributed by atoms with Crippen molar-refractivity contribution in [2.75, 3.05) is 5.32 Å². The third-order valence-corrected chi connectivity index (χ3v) is 2.74. The van der Waals surface area contributed by atoms with Gasteiger partial charge in [0.1, 0.15) is 0 Å². The van der Waals surface area contributed by atoms with Gasteiger partial charge in [0.05, 0.1) is 23.1 Å². The number of rotatable bonds is 3. The maximum Gasteiger partial charge on any atom is 0.319 e. The van der Waals surface area contributed by atoms with Gasteiger partial charge in [-0.1, -0.05) is 6.07 Å². The molecule has 19 heavy (non-hydrogen) atoms. The summed E-state index contributed by atoms with van der Waals surface area (Å²) in [6.07, 6.45) is 3.47. The van der Waals surface area contributed by atoms with Crippen LogP contribution in [0.3, 0.4) is 0 Å². The van der Waals surface area contributed by atoms with Crippen LogP contribution >= 0.6 is 0 Å². The number of urea groups is 1. The monoisotopic (exact) mass is 259 g/mol. The number of nitrogens with one attached hydrogen (secondary N) is 2. The minimum atomic E-state index is -0.269. The van der Waals surface area contributed by atoms with Crippen molar-refractivity contribution >= 4 is 11.7 Å². The maximum atomic E-state index is 11.9. The van der Waals surface area contributed by atoms with E-state index in [0.29, 0.717) is 5.69 Å². The van der Waals surface area contributed by atoms with Gasteiger partial charge >= 0.3 is 6.03 Å². The molecule has 6 nitrogen and oxygen atoms in total. The first-order chi connectivity index (χ1) is 9.06. The van der Waals surface area contributed by atoms with Gasteiger partial charge in [0, 0.05) is 19.4 Å². The van der Waals surface area contributed by atoms with E-state index in [-0.39, 0.29) is 12.1 Å². The number of amides is 2. The largest absolute Gasteiger partial charge is 0.330 e. The normalized spacial score (nSPS) is 11.9. The smallest absolute Gasteiger partial charge is 0.319 e. The number of hydrogen-bond acceptors (Lipinski definition) is 3. The molecule has 2 rings (SSSR count). The molecule has 2 aromatic heterocycles. The molecule has 2 heterocycles. The highest BCUT2D eigenvalue weighted by atomic mass is 16.2. The highest BCUT2D eigenvalue weighted by Crippen LogP contribution is 2.12. The van der Waals surface area contributed by atoms with Gasteiger partial charge in [-0.3, -0.25) is 9.67 Å². The molecule has 2 aromatic rings. The van der Waals surface area contributed by atoms with E-state index in [0.717, 1.165) is 11.4 Å². The molecule has 0 aromatic carbocycles. The molecule has 0 aliphatic rings. The van der Waals surface area contributed by atoms with Crippen LogP contribution in [0.15, 0.2) is 30.6 Å². The predicted octanol–water partition coefficient (Wildman–Crippen LogP) is 2.01. The molecule has 0 aliphatic carbocycles. The third kappa shape index (κ3) is 3.31. The van der Waals surface area contributed by atoms with Gasteiger partial charge < -0.3 is 10.6 Å². The fourth-order valence-corrected chi connectivity index (χ4v) is 1.78. The first kappa shape index (κ1) is 13.1. The summed E-state index contributed by atoms with van der Waals surface area (Å²) < 4.78 is 1.66. The second-order valence-electron chi connectivity index (χ2n) is 4.38. The van der Waals surface area contributed by atoms with Crippen molar-refractivity contribution < 1.29 is 4.79 Å². The summed E-state index contributed by atoms with van der Waals surface area (Å²) in [6, 6.07) is 5.19. The molecule has 0 saturated carbocycles. The zero-order valence-corrected chi connectivity index (χ0v) is 11.2. The molecule has 2 amide bonds. The van der Waals surface area contributed by atoms with Crippen molar-refractivity contribution in [2.24, 2.45) is 7.05 Å². The SMILES string of the molecule is Cc1nn(C)cc1NC(=O)NC(C)c1ccccn1. The highest BCUT2D eigenvalue weighted by molar-refractivity contribution is 5.89. The average molecular weight is 259 g/mol. The van der Waals surface area contributed by atoms with Gasteiger partial charge in [0.15, 0.2) is 0 Å². The van der Waals surface area contributed by atoms with E-state index in [9.17, 15) is 4.79 Å². The Labute approximate surface area is 111 Å². The van der Waals surface area contributed by atoms with Crippen molar-refractivity contribution in [1.82, 2.24) is 20.1 Å². The van der Waals surface area contributed by atoms with Crippen LogP contribution in [0.5, 0.6) is 0 Å². The fraction of sp³-hybridized carbons (Fsp3) is 0.308. The number of aryl methyl sites for hydroxylation is 2. The Balaban J connectivity index is 1.96. The molecule has 0 spiro atoms. The molecule has 0 aliphatic heterocycles. The number of nitrogens with zero attached hydrogens (tertiary/aromatic N) is 3. The lowest BCUT2D eigenvalue weighted by atomic mass is 10.2. The highest BCUT2D eigenvalue weighted by Gasteiger charge is 2.12. The molecule has 2 N–H and O–H groups in total. The molecule has 100 valence electrons. The quantitative estimate of drug-likeness (QED) is 0.885. The second-order valence-corrected chi connectivity index (χ2v) is 4.38. The second kappa shape index (κ2) is 5.51. The molecule has 0 radical (unpaired) electrons.